The van der Waals surface area contributed by atoms with E-state index < -0.39 is 5.91 Å². The summed E-state index contributed by atoms with van der Waals surface area (Å²) in [4.78, 5) is 14.9. The lowest BCUT2D eigenvalue weighted by Crippen LogP contribution is -2.24. The molecule has 6 nitrogen and oxygen atoms in total. The molecule has 1 aromatic heterocycles. The minimum atomic E-state index is -0.725. The number of nitrogens with zero attached hydrogens (tertiary/aromatic N) is 1. The largest absolute Gasteiger partial charge is 0.507 e. The van der Waals surface area contributed by atoms with Crippen molar-refractivity contribution in [2.75, 3.05) is 0 Å². The van der Waals surface area contributed by atoms with Gasteiger partial charge in [0.15, 0.2) is 5.96 Å². The molecule has 0 bridgehead atoms. The number of guanidine groups is 1. The van der Waals surface area contributed by atoms with Crippen LogP contribution in [0.2, 0.25) is 0 Å². The Bertz CT molecular complexity index is 587. The number of rotatable bonds is 1. The lowest BCUT2D eigenvalue weighted by atomic mass is 10.1. The summed E-state index contributed by atoms with van der Waals surface area (Å²) in [5, 5.41) is 10.5. The van der Waals surface area contributed by atoms with Gasteiger partial charge in [0.05, 0.1) is 11.6 Å². The molecule has 0 spiro atoms. The summed E-state index contributed by atoms with van der Waals surface area (Å²) in [5.41, 5.74) is 10.2. The molecule has 1 aromatic carbocycles. The van der Waals surface area contributed by atoms with Crippen LogP contribution in [0.5, 0.6) is 5.75 Å². The summed E-state index contributed by atoms with van der Waals surface area (Å²) in [5.74, 6) is -1.22. The molecule has 0 fully saturated rings. The van der Waals surface area contributed by atoms with E-state index in [9.17, 15) is 9.90 Å². The summed E-state index contributed by atoms with van der Waals surface area (Å²) in [6.07, 6.45) is 1.35. The number of furan rings is 1. The maximum absolute atomic E-state index is 11.5. The van der Waals surface area contributed by atoms with Crippen LogP contribution in [0.15, 0.2) is 33.9 Å². The van der Waals surface area contributed by atoms with Gasteiger partial charge in [-0.25, -0.2) is 0 Å². The number of aromatic hydroxyl groups is 1. The number of halogens is 1. The number of phenolic OH excluding ortho intramolecular Hbond substituents is 1. The Kier molecular flexibility index (Phi) is 3.59. The van der Waals surface area contributed by atoms with Crippen LogP contribution in [0.4, 0.5) is 0 Å². The zero-order chi connectivity index (χ0) is 11.7. The number of amides is 1. The lowest BCUT2D eigenvalue weighted by Gasteiger charge is -1.95. The van der Waals surface area contributed by atoms with Crippen molar-refractivity contribution in [1.29, 1.82) is 0 Å². The average molecular weight is 256 g/mol. The summed E-state index contributed by atoms with van der Waals surface area (Å²) < 4.78 is 5.03. The van der Waals surface area contributed by atoms with E-state index in [1.54, 1.807) is 12.1 Å². The molecular weight excluding hydrogens is 246 g/mol. The smallest absolute Gasteiger partial charge is 0.316 e. The third kappa shape index (κ3) is 2.31. The van der Waals surface area contributed by atoms with E-state index >= 15 is 0 Å². The van der Waals surface area contributed by atoms with E-state index in [1.807, 2.05) is 0 Å². The number of benzene rings is 1. The Balaban J connectivity index is 0.00000144. The molecule has 0 aliphatic carbocycles. The molecular formula is C10H10ClN3O3. The van der Waals surface area contributed by atoms with E-state index in [0.717, 1.165) is 0 Å². The average Bonchev–Trinajstić information content (AvgIpc) is 2.61. The van der Waals surface area contributed by atoms with Gasteiger partial charge < -0.3 is 21.0 Å². The predicted octanol–water partition coefficient (Wildman–Crippen LogP) is 0.974. The summed E-state index contributed by atoms with van der Waals surface area (Å²) in [6, 6.07) is 4.79. The first kappa shape index (κ1) is 12.9. The highest BCUT2D eigenvalue weighted by Gasteiger charge is 2.17. The van der Waals surface area contributed by atoms with Crippen molar-refractivity contribution in [2.24, 2.45) is 16.5 Å². The quantitative estimate of drug-likeness (QED) is 0.519. The Morgan fingerprint density at radius 1 is 1.35 bits per heavy atom. The highest BCUT2D eigenvalue weighted by atomic mass is 35.5. The standard InChI is InChI=1S/C10H9N3O3.ClH/c11-10(12)13-9(15)8-7-5(4-16-8)2-1-3-6(7)14;/h1-4,14H,(H4,11,12,13,15);1H. The van der Waals surface area contributed by atoms with Gasteiger partial charge in [-0.15, -0.1) is 12.4 Å². The molecule has 7 heteroatoms. The van der Waals surface area contributed by atoms with Crippen molar-refractivity contribution in [3.05, 3.63) is 30.2 Å². The van der Waals surface area contributed by atoms with Crippen molar-refractivity contribution in [3.8, 4) is 5.75 Å². The molecule has 0 saturated carbocycles. The fourth-order valence-corrected chi connectivity index (χ4v) is 1.41. The molecule has 90 valence electrons. The van der Waals surface area contributed by atoms with Crippen LogP contribution >= 0.6 is 12.4 Å². The molecule has 2 aromatic rings. The zero-order valence-corrected chi connectivity index (χ0v) is 9.40. The summed E-state index contributed by atoms with van der Waals surface area (Å²) >= 11 is 0. The van der Waals surface area contributed by atoms with Gasteiger partial charge in [-0.2, -0.15) is 4.99 Å². The second-order valence-corrected chi connectivity index (χ2v) is 3.15. The topological polar surface area (TPSA) is 115 Å². The Morgan fingerprint density at radius 3 is 2.71 bits per heavy atom. The molecule has 0 radical (unpaired) electrons. The van der Waals surface area contributed by atoms with Crippen molar-refractivity contribution in [3.63, 3.8) is 0 Å². The minimum Gasteiger partial charge on any atom is -0.507 e. The molecule has 5 N–H and O–H groups in total. The van der Waals surface area contributed by atoms with Crippen LogP contribution in [0, 0.1) is 0 Å². The number of phenols is 1. The number of carbonyl (C=O) groups is 1. The summed E-state index contributed by atoms with van der Waals surface area (Å²) in [7, 11) is 0. The first-order valence-corrected chi connectivity index (χ1v) is 4.42. The fourth-order valence-electron chi connectivity index (χ4n) is 1.41. The molecule has 2 rings (SSSR count). The predicted molar refractivity (Wildman–Crippen MR) is 65.3 cm³/mol. The highest BCUT2D eigenvalue weighted by molar-refractivity contribution is 6.10. The van der Waals surface area contributed by atoms with Gasteiger partial charge in [-0.05, 0) is 6.07 Å². The maximum atomic E-state index is 11.5. The van der Waals surface area contributed by atoms with Crippen LogP contribution in [0.1, 0.15) is 10.6 Å². The van der Waals surface area contributed by atoms with Crippen LogP contribution < -0.4 is 11.5 Å². The van der Waals surface area contributed by atoms with Crippen LogP contribution in [-0.2, 0) is 0 Å². The van der Waals surface area contributed by atoms with E-state index in [0.29, 0.717) is 10.8 Å². The monoisotopic (exact) mass is 255 g/mol. The van der Waals surface area contributed by atoms with Gasteiger partial charge in [-0.3, -0.25) is 4.79 Å². The van der Waals surface area contributed by atoms with E-state index in [2.05, 4.69) is 4.99 Å². The lowest BCUT2D eigenvalue weighted by molar-refractivity contribution is 0.0978. The maximum Gasteiger partial charge on any atom is 0.316 e. The van der Waals surface area contributed by atoms with Crippen molar-refractivity contribution in [1.82, 2.24) is 0 Å². The summed E-state index contributed by atoms with van der Waals surface area (Å²) in [6.45, 7) is 0. The van der Waals surface area contributed by atoms with Crippen LogP contribution in [0.3, 0.4) is 0 Å². The molecule has 0 atom stereocenters. The molecule has 0 aliphatic rings. The molecule has 0 saturated heterocycles. The Morgan fingerprint density at radius 2 is 2.06 bits per heavy atom. The van der Waals surface area contributed by atoms with Crippen molar-refractivity contribution < 1.29 is 14.3 Å². The van der Waals surface area contributed by atoms with Gasteiger partial charge in [0.25, 0.3) is 0 Å². The molecule has 0 aliphatic heterocycles. The Hall–Kier alpha value is -2.21. The first-order chi connectivity index (χ1) is 7.59. The van der Waals surface area contributed by atoms with Gasteiger partial charge in [0.2, 0.25) is 5.76 Å². The highest BCUT2D eigenvalue weighted by Crippen LogP contribution is 2.29. The van der Waals surface area contributed by atoms with E-state index in [-0.39, 0.29) is 29.9 Å². The Labute approximate surface area is 102 Å². The number of nitrogens with two attached hydrogens (primary N) is 2. The minimum absolute atomic E-state index is 0. The number of hydrogen-bond acceptors (Lipinski definition) is 3. The number of hydrogen-bond donors (Lipinski definition) is 3. The number of aliphatic imine (C=N–C) groups is 1. The van der Waals surface area contributed by atoms with E-state index in [4.69, 9.17) is 15.9 Å². The molecule has 17 heavy (non-hydrogen) atoms. The zero-order valence-electron chi connectivity index (χ0n) is 8.58. The molecule has 0 unspecified atom stereocenters. The molecule has 1 amide bonds. The van der Waals surface area contributed by atoms with Crippen molar-refractivity contribution in [2.45, 2.75) is 0 Å². The normalized spacial score (nSPS) is 9.65. The molecule has 1 heterocycles. The van der Waals surface area contributed by atoms with Gasteiger partial charge >= 0.3 is 5.91 Å². The SMILES string of the molecule is Cl.NC(N)=NC(=O)c1occ2cccc(O)c12. The third-order valence-electron chi connectivity index (χ3n) is 2.03. The van der Waals surface area contributed by atoms with Gasteiger partial charge in [0.1, 0.15) is 5.75 Å². The van der Waals surface area contributed by atoms with Crippen molar-refractivity contribution >= 4 is 35.0 Å². The van der Waals surface area contributed by atoms with Crippen LogP contribution in [-0.4, -0.2) is 17.0 Å². The fraction of sp³-hybridized carbons (Fsp3) is 0. The second-order valence-electron chi connectivity index (χ2n) is 3.15. The van der Waals surface area contributed by atoms with Gasteiger partial charge in [0, 0.05) is 5.39 Å². The first-order valence-electron chi connectivity index (χ1n) is 4.42. The third-order valence-corrected chi connectivity index (χ3v) is 2.03. The second kappa shape index (κ2) is 4.75. The van der Waals surface area contributed by atoms with Gasteiger partial charge in [-0.1, -0.05) is 12.1 Å². The number of carbonyl (C=O) groups excluding carboxylic acids is 1. The number of fused-ring (bicyclic) bond motifs is 1. The van der Waals surface area contributed by atoms with E-state index in [1.165, 1.54) is 12.3 Å². The van der Waals surface area contributed by atoms with Crippen LogP contribution in [0.25, 0.3) is 10.8 Å².